The molecule has 92 valence electrons. The molecular weight excluding hydrogens is 236 g/mol. The van der Waals surface area contributed by atoms with E-state index in [9.17, 15) is 4.79 Å². The Morgan fingerprint density at radius 3 is 3.18 bits per heavy atom. The number of carbonyl (C=O) groups is 1. The lowest BCUT2D eigenvalue weighted by atomic mass is 9.99. The van der Waals surface area contributed by atoms with Gasteiger partial charge in [-0.3, -0.25) is 9.78 Å². The fourth-order valence-corrected chi connectivity index (χ4v) is 2.49. The van der Waals surface area contributed by atoms with Crippen LogP contribution in [0.3, 0.4) is 0 Å². The van der Waals surface area contributed by atoms with E-state index in [-0.39, 0.29) is 5.91 Å². The van der Waals surface area contributed by atoms with Gasteiger partial charge in [0, 0.05) is 36.4 Å². The predicted molar refractivity (Wildman–Crippen MR) is 68.3 cm³/mol. The summed E-state index contributed by atoms with van der Waals surface area (Å²) < 4.78 is 0. The Balaban J connectivity index is 2.09. The molecule has 0 N–H and O–H groups in total. The molecule has 1 fully saturated rings. The number of aryl methyl sites for hydroxylation is 1. The summed E-state index contributed by atoms with van der Waals surface area (Å²) in [6, 6.07) is 3.62. The number of rotatable bonds is 2. The molecule has 1 saturated heterocycles. The molecule has 1 aromatic rings. The van der Waals surface area contributed by atoms with Gasteiger partial charge < -0.3 is 4.90 Å². The first-order valence-electron chi connectivity index (χ1n) is 5.98. The number of nitrogens with zero attached hydrogens (tertiary/aromatic N) is 2. The number of hydrogen-bond donors (Lipinski definition) is 0. The maximum atomic E-state index is 12.3. The van der Waals surface area contributed by atoms with E-state index in [1.54, 1.807) is 12.3 Å². The molecule has 1 amide bonds. The zero-order chi connectivity index (χ0) is 12.3. The number of amides is 1. The molecular formula is C13H17ClN2O. The van der Waals surface area contributed by atoms with Crippen molar-refractivity contribution in [1.29, 1.82) is 0 Å². The van der Waals surface area contributed by atoms with E-state index >= 15 is 0 Å². The van der Waals surface area contributed by atoms with Gasteiger partial charge in [-0.1, -0.05) is 0 Å². The van der Waals surface area contributed by atoms with Crippen LogP contribution in [-0.4, -0.2) is 34.8 Å². The van der Waals surface area contributed by atoms with E-state index in [4.69, 9.17) is 11.6 Å². The zero-order valence-corrected chi connectivity index (χ0v) is 10.8. The van der Waals surface area contributed by atoms with Crippen LogP contribution in [0.25, 0.3) is 0 Å². The number of piperidine rings is 1. The topological polar surface area (TPSA) is 33.2 Å². The number of hydrogen-bond acceptors (Lipinski definition) is 2. The van der Waals surface area contributed by atoms with Gasteiger partial charge in [0.1, 0.15) is 0 Å². The summed E-state index contributed by atoms with van der Waals surface area (Å²) in [5.41, 5.74) is 1.61. The molecule has 0 aliphatic carbocycles. The van der Waals surface area contributed by atoms with Gasteiger partial charge in [-0.25, -0.2) is 0 Å². The van der Waals surface area contributed by atoms with Crippen LogP contribution in [0.15, 0.2) is 18.3 Å². The Labute approximate surface area is 107 Å². The van der Waals surface area contributed by atoms with E-state index < -0.39 is 0 Å². The lowest BCUT2D eigenvalue weighted by Gasteiger charge is -2.31. The molecule has 0 aromatic carbocycles. The van der Waals surface area contributed by atoms with Gasteiger partial charge in [0.25, 0.3) is 5.91 Å². The van der Waals surface area contributed by atoms with Gasteiger partial charge in [-0.15, -0.1) is 11.6 Å². The first-order chi connectivity index (χ1) is 8.20. The minimum atomic E-state index is 0.102. The predicted octanol–water partition coefficient (Wildman–Crippen LogP) is 2.48. The largest absolute Gasteiger partial charge is 0.338 e. The Hall–Kier alpha value is -1.09. The van der Waals surface area contributed by atoms with Gasteiger partial charge in [0.05, 0.1) is 0 Å². The standard InChI is InChI=1S/C13H17ClN2O/c1-10-7-12(4-5-15-10)13(17)16-6-2-3-11(8-14)9-16/h4-5,7,11H,2-3,6,8-9H2,1H3. The molecule has 0 bridgehead atoms. The van der Waals surface area contributed by atoms with Crippen molar-refractivity contribution in [2.75, 3.05) is 19.0 Å². The maximum Gasteiger partial charge on any atom is 0.253 e. The first-order valence-corrected chi connectivity index (χ1v) is 6.52. The smallest absolute Gasteiger partial charge is 0.253 e. The van der Waals surface area contributed by atoms with Gasteiger partial charge in [-0.2, -0.15) is 0 Å². The quantitative estimate of drug-likeness (QED) is 0.758. The van der Waals surface area contributed by atoms with Gasteiger partial charge in [-0.05, 0) is 37.8 Å². The van der Waals surface area contributed by atoms with Crippen LogP contribution < -0.4 is 0 Å². The van der Waals surface area contributed by atoms with Crippen LogP contribution in [0.2, 0.25) is 0 Å². The molecule has 2 rings (SSSR count). The van der Waals surface area contributed by atoms with Crippen LogP contribution in [-0.2, 0) is 0 Å². The third-order valence-electron chi connectivity index (χ3n) is 3.17. The highest BCUT2D eigenvalue weighted by atomic mass is 35.5. The second kappa shape index (κ2) is 5.50. The summed E-state index contributed by atoms with van der Waals surface area (Å²) in [5.74, 6) is 1.18. The van der Waals surface area contributed by atoms with Gasteiger partial charge >= 0.3 is 0 Å². The zero-order valence-electron chi connectivity index (χ0n) is 10.0. The number of carbonyl (C=O) groups excluding carboxylic acids is 1. The lowest BCUT2D eigenvalue weighted by molar-refractivity contribution is 0.0684. The summed E-state index contributed by atoms with van der Waals surface area (Å²) in [6.45, 7) is 3.52. The number of aromatic nitrogens is 1. The number of pyridine rings is 1. The van der Waals surface area contributed by atoms with E-state index in [2.05, 4.69) is 4.98 Å². The van der Waals surface area contributed by atoms with Crippen LogP contribution in [0.5, 0.6) is 0 Å². The molecule has 3 nitrogen and oxygen atoms in total. The first kappa shape index (κ1) is 12.4. The highest BCUT2D eigenvalue weighted by molar-refractivity contribution is 6.18. The molecule has 1 atom stereocenters. The monoisotopic (exact) mass is 252 g/mol. The third-order valence-corrected chi connectivity index (χ3v) is 3.60. The normalized spacial score (nSPS) is 20.4. The Morgan fingerprint density at radius 2 is 2.47 bits per heavy atom. The molecule has 0 spiro atoms. The van der Waals surface area contributed by atoms with E-state index in [1.807, 2.05) is 17.9 Å². The Bertz CT molecular complexity index is 408. The van der Waals surface area contributed by atoms with Crippen molar-refractivity contribution in [1.82, 2.24) is 9.88 Å². The van der Waals surface area contributed by atoms with E-state index in [0.29, 0.717) is 11.8 Å². The average molecular weight is 253 g/mol. The third kappa shape index (κ3) is 2.97. The summed E-state index contributed by atoms with van der Waals surface area (Å²) in [5, 5.41) is 0. The van der Waals surface area contributed by atoms with Crippen molar-refractivity contribution < 1.29 is 4.79 Å². The minimum Gasteiger partial charge on any atom is -0.338 e. The molecule has 1 aliphatic heterocycles. The summed E-state index contributed by atoms with van der Waals surface area (Å²) in [6.07, 6.45) is 3.86. The van der Waals surface area contributed by atoms with Crippen molar-refractivity contribution >= 4 is 17.5 Å². The number of alkyl halides is 1. The second-order valence-corrected chi connectivity index (χ2v) is 4.91. The average Bonchev–Trinajstić information content (AvgIpc) is 2.38. The second-order valence-electron chi connectivity index (χ2n) is 4.60. The fourth-order valence-electron chi connectivity index (χ4n) is 2.24. The Morgan fingerprint density at radius 1 is 1.65 bits per heavy atom. The van der Waals surface area contributed by atoms with Gasteiger partial charge in [0.15, 0.2) is 0 Å². The van der Waals surface area contributed by atoms with Gasteiger partial charge in [0.2, 0.25) is 0 Å². The minimum absolute atomic E-state index is 0.102. The highest BCUT2D eigenvalue weighted by Crippen LogP contribution is 2.19. The molecule has 0 saturated carbocycles. The van der Waals surface area contributed by atoms with Crippen molar-refractivity contribution in [3.63, 3.8) is 0 Å². The number of likely N-dealkylation sites (tertiary alicyclic amines) is 1. The molecule has 2 heterocycles. The lowest BCUT2D eigenvalue weighted by Crippen LogP contribution is -2.40. The molecule has 1 aliphatic rings. The SMILES string of the molecule is Cc1cc(C(=O)N2CCCC(CCl)C2)ccn1. The highest BCUT2D eigenvalue weighted by Gasteiger charge is 2.23. The van der Waals surface area contributed by atoms with E-state index in [1.165, 1.54) is 0 Å². The van der Waals surface area contributed by atoms with Crippen LogP contribution >= 0.6 is 11.6 Å². The molecule has 1 aromatic heterocycles. The molecule has 4 heteroatoms. The van der Waals surface area contributed by atoms with Crippen LogP contribution in [0, 0.1) is 12.8 Å². The summed E-state index contributed by atoms with van der Waals surface area (Å²) in [4.78, 5) is 18.3. The van der Waals surface area contributed by atoms with E-state index in [0.717, 1.165) is 37.2 Å². The van der Waals surface area contributed by atoms with Crippen molar-refractivity contribution in [2.45, 2.75) is 19.8 Å². The summed E-state index contributed by atoms with van der Waals surface area (Å²) >= 11 is 5.87. The van der Waals surface area contributed by atoms with Crippen molar-refractivity contribution in [3.8, 4) is 0 Å². The van der Waals surface area contributed by atoms with Crippen molar-refractivity contribution in [3.05, 3.63) is 29.6 Å². The molecule has 0 radical (unpaired) electrons. The Kier molecular flexibility index (Phi) is 4.00. The van der Waals surface area contributed by atoms with Crippen LogP contribution in [0.4, 0.5) is 0 Å². The summed E-state index contributed by atoms with van der Waals surface area (Å²) in [7, 11) is 0. The molecule has 1 unspecified atom stereocenters. The maximum absolute atomic E-state index is 12.3. The molecule has 17 heavy (non-hydrogen) atoms. The fraction of sp³-hybridized carbons (Fsp3) is 0.538. The number of halogens is 1. The van der Waals surface area contributed by atoms with Crippen molar-refractivity contribution in [2.24, 2.45) is 5.92 Å². The van der Waals surface area contributed by atoms with Crippen LogP contribution in [0.1, 0.15) is 28.9 Å².